The van der Waals surface area contributed by atoms with E-state index in [1.807, 2.05) is 13.0 Å². The Morgan fingerprint density at radius 2 is 1.85 bits per heavy atom. The Kier molecular flexibility index (Phi) is 6.45. The number of carbonyl (C=O) groups is 2. The molecule has 1 heterocycles. The van der Waals surface area contributed by atoms with Gasteiger partial charge in [0.1, 0.15) is 0 Å². The molecule has 1 unspecified atom stereocenters. The maximum absolute atomic E-state index is 12.4. The molecule has 0 radical (unpaired) electrons. The highest BCUT2D eigenvalue weighted by atomic mass is 16.2. The van der Waals surface area contributed by atoms with E-state index in [9.17, 15) is 9.59 Å². The van der Waals surface area contributed by atoms with Gasteiger partial charge in [-0.25, -0.2) is 4.79 Å². The summed E-state index contributed by atoms with van der Waals surface area (Å²) in [4.78, 5) is 25.7. The number of amides is 3. The zero-order chi connectivity index (χ0) is 18.4. The molecule has 1 aromatic rings. The molecule has 3 amide bonds. The van der Waals surface area contributed by atoms with Gasteiger partial charge in [-0.05, 0) is 37.0 Å². The van der Waals surface area contributed by atoms with E-state index in [1.54, 1.807) is 0 Å². The van der Waals surface area contributed by atoms with Gasteiger partial charge in [0.25, 0.3) is 5.91 Å². The van der Waals surface area contributed by atoms with E-state index < -0.39 is 0 Å². The Hall–Kier alpha value is -2.14. The summed E-state index contributed by atoms with van der Waals surface area (Å²) in [5, 5.41) is 5.48. The number of hydrogen-bond acceptors (Lipinski definition) is 2. The summed E-state index contributed by atoms with van der Waals surface area (Å²) in [7, 11) is 0. The maximum Gasteiger partial charge on any atom is 0.321 e. The number of urea groups is 1. The van der Waals surface area contributed by atoms with Crippen molar-refractivity contribution in [1.29, 1.82) is 0 Å². The largest absolute Gasteiger partial charge is 0.335 e. The van der Waals surface area contributed by atoms with Crippen LogP contribution in [0.25, 0.3) is 5.57 Å². The molecule has 1 fully saturated rings. The molecule has 0 saturated heterocycles. The van der Waals surface area contributed by atoms with E-state index in [-0.39, 0.29) is 24.0 Å². The molecule has 1 saturated carbocycles. The number of carbonyl (C=O) groups excluding carboxylic acids is 2. The molecular formula is C21H30N3O2+. The first-order valence-electron chi connectivity index (χ1n) is 9.84. The third kappa shape index (κ3) is 4.94. The van der Waals surface area contributed by atoms with Crippen LogP contribution in [0.3, 0.4) is 0 Å². The van der Waals surface area contributed by atoms with E-state index in [1.165, 1.54) is 22.5 Å². The molecular weight excluding hydrogens is 326 g/mol. The van der Waals surface area contributed by atoms with Crippen molar-refractivity contribution in [2.45, 2.75) is 57.5 Å². The highest BCUT2D eigenvalue weighted by Crippen LogP contribution is 2.18. The number of nitrogens with one attached hydrogen (secondary N) is 3. The fourth-order valence-electron chi connectivity index (χ4n) is 3.94. The van der Waals surface area contributed by atoms with Gasteiger partial charge in [0.05, 0.1) is 13.1 Å². The quantitative estimate of drug-likeness (QED) is 0.772. The molecule has 1 aliphatic heterocycles. The summed E-state index contributed by atoms with van der Waals surface area (Å²) in [5.74, 6) is -0.190. The monoisotopic (exact) mass is 356 g/mol. The van der Waals surface area contributed by atoms with Gasteiger partial charge in [-0.15, -0.1) is 0 Å². The van der Waals surface area contributed by atoms with Crippen molar-refractivity contribution in [1.82, 2.24) is 10.6 Å². The zero-order valence-electron chi connectivity index (χ0n) is 15.6. The van der Waals surface area contributed by atoms with Crippen molar-refractivity contribution < 1.29 is 14.5 Å². The van der Waals surface area contributed by atoms with E-state index >= 15 is 0 Å². The van der Waals surface area contributed by atoms with Gasteiger partial charge in [0.2, 0.25) is 0 Å². The molecule has 2 aliphatic rings. The lowest BCUT2D eigenvalue weighted by Crippen LogP contribution is -3.17. The summed E-state index contributed by atoms with van der Waals surface area (Å²) in [6.45, 7) is 3.61. The van der Waals surface area contributed by atoms with Crippen molar-refractivity contribution >= 4 is 17.5 Å². The molecule has 0 bridgehead atoms. The molecule has 2 atom stereocenters. The first kappa shape index (κ1) is 18.6. The summed E-state index contributed by atoms with van der Waals surface area (Å²) in [6, 6.07) is 10.0. The fourth-order valence-corrected chi connectivity index (χ4v) is 3.94. The van der Waals surface area contributed by atoms with Crippen LogP contribution in [0.4, 0.5) is 4.79 Å². The molecule has 26 heavy (non-hydrogen) atoms. The van der Waals surface area contributed by atoms with Crippen LogP contribution in [0.15, 0.2) is 36.4 Å². The van der Waals surface area contributed by atoms with E-state index in [4.69, 9.17) is 0 Å². The molecule has 1 aromatic carbocycles. The Morgan fingerprint density at radius 1 is 1.12 bits per heavy atom. The number of rotatable bonds is 4. The Balaban J connectivity index is 1.48. The molecule has 3 N–H and O–H groups in total. The number of hydrogen-bond donors (Lipinski definition) is 3. The Bertz CT molecular complexity index is 650. The number of quaternary nitrogens is 1. The smallest absolute Gasteiger partial charge is 0.321 e. The van der Waals surface area contributed by atoms with Crippen LogP contribution in [0.5, 0.6) is 0 Å². The minimum absolute atomic E-state index is 0.190. The average molecular weight is 356 g/mol. The zero-order valence-corrected chi connectivity index (χ0v) is 15.6. The predicted molar refractivity (Wildman–Crippen MR) is 103 cm³/mol. The molecule has 1 aliphatic carbocycles. The normalized spacial score (nSPS) is 22.2. The van der Waals surface area contributed by atoms with Crippen molar-refractivity contribution in [2.24, 2.45) is 0 Å². The maximum atomic E-state index is 12.4. The van der Waals surface area contributed by atoms with Crippen molar-refractivity contribution in [3.63, 3.8) is 0 Å². The first-order valence-corrected chi connectivity index (χ1v) is 9.84. The second kappa shape index (κ2) is 8.99. The van der Waals surface area contributed by atoms with Crippen molar-refractivity contribution in [2.75, 3.05) is 13.1 Å². The summed E-state index contributed by atoms with van der Waals surface area (Å²) in [5.41, 5.74) is 2.60. The van der Waals surface area contributed by atoms with Crippen molar-refractivity contribution in [3.8, 4) is 0 Å². The molecule has 0 aromatic heterocycles. The van der Waals surface area contributed by atoms with Crippen LogP contribution in [0, 0.1) is 0 Å². The minimum Gasteiger partial charge on any atom is -0.335 e. The summed E-state index contributed by atoms with van der Waals surface area (Å²) < 4.78 is 0. The summed E-state index contributed by atoms with van der Waals surface area (Å²) >= 11 is 0. The van der Waals surface area contributed by atoms with Crippen LogP contribution in [-0.2, 0) is 4.79 Å². The lowest BCUT2D eigenvalue weighted by atomic mass is 9.96. The molecule has 5 heteroatoms. The first-order chi connectivity index (χ1) is 12.6. The van der Waals surface area contributed by atoms with Gasteiger partial charge in [0.15, 0.2) is 6.04 Å². The SMILES string of the molecule is C[C@@H](C(=O)NC(=O)NC1CCCCC1)[NH+]1CC=C(c2ccccc2)CC1. The Morgan fingerprint density at radius 3 is 2.50 bits per heavy atom. The molecule has 0 spiro atoms. The second-order valence-corrected chi connectivity index (χ2v) is 7.48. The van der Waals surface area contributed by atoms with Gasteiger partial charge >= 0.3 is 6.03 Å². The molecule has 3 rings (SSSR count). The number of benzene rings is 1. The van der Waals surface area contributed by atoms with Gasteiger partial charge in [-0.3, -0.25) is 10.1 Å². The second-order valence-electron chi connectivity index (χ2n) is 7.48. The average Bonchev–Trinajstić information content (AvgIpc) is 2.69. The fraction of sp³-hybridized carbons (Fsp3) is 0.524. The van der Waals surface area contributed by atoms with E-state index in [0.717, 1.165) is 45.2 Å². The third-order valence-electron chi connectivity index (χ3n) is 5.65. The lowest BCUT2D eigenvalue weighted by molar-refractivity contribution is -0.909. The van der Waals surface area contributed by atoms with Crippen LogP contribution in [0.1, 0.15) is 51.0 Å². The van der Waals surface area contributed by atoms with Crippen LogP contribution in [0.2, 0.25) is 0 Å². The topological polar surface area (TPSA) is 62.6 Å². The third-order valence-corrected chi connectivity index (χ3v) is 5.65. The Labute approximate surface area is 155 Å². The molecule has 140 valence electrons. The molecule has 5 nitrogen and oxygen atoms in total. The van der Waals surface area contributed by atoms with Gasteiger partial charge < -0.3 is 10.2 Å². The van der Waals surface area contributed by atoms with Crippen LogP contribution >= 0.6 is 0 Å². The highest BCUT2D eigenvalue weighted by molar-refractivity contribution is 5.96. The van der Waals surface area contributed by atoms with Crippen LogP contribution < -0.4 is 15.5 Å². The standard InChI is InChI=1S/C21H29N3O2/c1-16(20(25)23-21(26)22-19-10-6-3-7-11-19)24-14-12-18(13-15-24)17-8-4-2-5-9-17/h2,4-5,8-9,12,16,19H,3,6-7,10-11,13-15H2,1H3,(H2,22,23,25,26)/p+1/t16-/m0/s1. The van der Waals surface area contributed by atoms with Gasteiger partial charge in [0, 0.05) is 12.5 Å². The van der Waals surface area contributed by atoms with Crippen molar-refractivity contribution in [3.05, 3.63) is 42.0 Å². The number of imide groups is 1. The minimum atomic E-state index is -0.342. The van der Waals surface area contributed by atoms with Gasteiger partial charge in [-0.2, -0.15) is 0 Å². The highest BCUT2D eigenvalue weighted by Gasteiger charge is 2.28. The predicted octanol–water partition coefficient (Wildman–Crippen LogP) is 1.91. The van der Waals surface area contributed by atoms with E-state index in [0.29, 0.717) is 0 Å². The van der Waals surface area contributed by atoms with Crippen LogP contribution in [-0.4, -0.2) is 37.1 Å². The van der Waals surface area contributed by atoms with Gasteiger partial charge in [-0.1, -0.05) is 49.6 Å². The van der Waals surface area contributed by atoms with E-state index in [2.05, 4.69) is 41.0 Å². The lowest BCUT2D eigenvalue weighted by Gasteiger charge is -2.28. The summed E-state index contributed by atoms with van der Waals surface area (Å²) in [6.07, 6.45) is 8.76.